The normalized spacial score (nSPS) is 17.8. The average molecular weight is 228 g/mol. The molecule has 0 bridgehead atoms. The quantitative estimate of drug-likeness (QED) is 0.632. The van der Waals surface area contributed by atoms with E-state index in [0.29, 0.717) is 0 Å². The number of rotatable bonds is 2. The molecule has 0 N–H and O–H groups in total. The highest BCUT2D eigenvalue weighted by molar-refractivity contribution is 5.15. The molecule has 0 aliphatic rings. The van der Waals surface area contributed by atoms with E-state index in [2.05, 4.69) is 0 Å². The number of alkyl halides is 6. The molecule has 0 aromatic heterocycles. The summed E-state index contributed by atoms with van der Waals surface area (Å²) in [6.45, 7) is 0.114. The highest BCUT2D eigenvalue weighted by atomic mass is 19.4. The van der Waals surface area contributed by atoms with E-state index in [1.54, 1.807) is 0 Å². The van der Waals surface area contributed by atoms with Gasteiger partial charge in [-0.2, -0.15) is 26.3 Å². The fourth-order valence-electron chi connectivity index (χ4n) is 0.445. The minimum Gasteiger partial charge on any atom is -0.241 e. The van der Waals surface area contributed by atoms with Gasteiger partial charge in [-0.05, 0) is 6.92 Å². The van der Waals surface area contributed by atoms with Crippen LogP contribution < -0.4 is 0 Å². The maximum Gasteiger partial charge on any atom is 0.445 e. The number of allylic oxidation sites excluding steroid dienone is 2. The van der Waals surface area contributed by atoms with Crippen LogP contribution in [0.5, 0.6) is 0 Å². The lowest BCUT2D eigenvalue weighted by Crippen LogP contribution is -2.30. The van der Waals surface area contributed by atoms with Crippen molar-refractivity contribution in [3.05, 3.63) is 11.7 Å². The smallest absolute Gasteiger partial charge is 0.241 e. The lowest BCUT2D eigenvalue weighted by molar-refractivity contribution is -0.121. The van der Waals surface area contributed by atoms with Gasteiger partial charge in [-0.3, -0.25) is 0 Å². The molecular formula is C6H4F8. The van der Waals surface area contributed by atoms with Crippen molar-refractivity contribution in [3.63, 3.8) is 0 Å². The lowest BCUT2D eigenvalue weighted by Gasteiger charge is -2.16. The fourth-order valence-corrected chi connectivity index (χ4v) is 0.445. The van der Waals surface area contributed by atoms with Gasteiger partial charge in [0.2, 0.25) is 11.7 Å². The van der Waals surface area contributed by atoms with E-state index in [1.165, 1.54) is 0 Å². The highest BCUT2D eigenvalue weighted by Gasteiger charge is 2.50. The molecule has 0 aromatic carbocycles. The maximum atomic E-state index is 12.2. The fraction of sp³-hybridized carbons (Fsp3) is 0.667. The van der Waals surface area contributed by atoms with Crippen molar-refractivity contribution in [2.75, 3.05) is 0 Å². The lowest BCUT2D eigenvalue weighted by atomic mass is 10.2. The molecule has 0 aliphatic heterocycles. The van der Waals surface area contributed by atoms with Crippen molar-refractivity contribution in [2.24, 2.45) is 0 Å². The van der Waals surface area contributed by atoms with Gasteiger partial charge in [0.25, 0.3) is 0 Å². The second kappa shape index (κ2) is 3.74. The molecule has 0 aliphatic carbocycles. The van der Waals surface area contributed by atoms with Gasteiger partial charge in [0.15, 0.2) is 6.17 Å². The molecule has 0 saturated heterocycles. The third-order valence-corrected chi connectivity index (χ3v) is 1.23. The van der Waals surface area contributed by atoms with E-state index in [1.807, 2.05) is 0 Å². The summed E-state index contributed by atoms with van der Waals surface area (Å²) in [5.74, 6) is -12.2. The summed E-state index contributed by atoms with van der Waals surface area (Å²) in [6, 6.07) is 0. The highest BCUT2D eigenvalue weighted by Crippen LogP contribution is 2.39. The summed E-state index contributed by atoms with van der Waals surface area (Å²) in [6.07, 6.45) is -9.14. The Bertz CT molecular complexity index is 235. The van der Waals surface area contributed by atoms with E-state index in [0.717, 1.165) is 0 Å². The predicted octanol–water partition coefficient (Wildman–Crippen LogP) is 3.69. The molecule has 84 valence electrons. The minimum absolute atomic E-state index is 0.114. The zero-order chi connectivity index (χ0) is 11.7. The summed E-state index contributed by atoms with van der Waals surface area (Å²) in [7, 11) is 0. The zero-order valence-electron chi connectivity index (χ0n) is 6.60. The van der Waals surface area contributed by atoms with Crippen LogP contribution in [0.4, 0.5) is 35.1 Å². The first-order chi connectivity index (χ1) is 6.01. The summed E-state index contributed by atoms with van der Waals surface area (Å²) in [4.78, 5) is 0. The van der Waals surface area contributed by atoms with Crippen LogP contribution in [-0.2, 0) is 0 Å². The summed E-state index contributed by atoms with van der Waals surface area (Å²) in [5.41, 5.74) is 0. The van der Waals surface area contributed by atoms with E-state index >= 15 is 0 Å². The Morgan fingerprint density at radius 3 is 1.50 bits per heavy atom. The third kappa shape index (κ3) is 2.58. The first-order valence-electron chi connectivity index (χ1n) is 3.16. The number of hydrogen-bond donors (Lipinski definition) is 0. The predicted molar refractivity (Wildman–Crippen MR) is 30.8 cm³/mol. The van der Waals surface area contributed by atoms with Crippen LogP contribution >= 0.6 is 0 Å². The van der Waals surface area contributed by atoms with Crippen LogP contribution in [-0.4, -0.2) is 18.3 Å². The third-order valence-electron chi connectivity index (χ3n) is 1.23. The van der Waals surface area contributed by atoms with Crippen LogP contribution in [0.3, 0.4) is 0 Å². The number of hydrogen-bond acceptors (Lipinski definition) is 0. The molecule has 1 unspecified atom stereocenters. The Kier molecular flexibility index (Phi) is 3.52. The SMILES string of the molecule is CC(F)C(F)(F)/C(F)=C(\F)C(F)(F)F. The van der Waals surface area contributed by atoms with Gasteiger partial charge in [-0.1, -0.05) is 0 Å². The van der Waals surface area contributed by atoms with Gasteiger partial charge in [0.05, 0.1) is 0 Å². The van der Waals surface area contributed by atoms with E-state index in [9.17, 15) is 35.1 Å². The molecule has 0 radical (unpaired) electrons. The molecule has 0 amide bonds. The van der Waals surface area contributed by atoms with Crippen molar-refractivity contribution in [2.45, 2.75) is 25.2 Å². The van der Waals surface area contributed by atoms with Gasteiger partial charge in [-0.15, -0.1) is 0 Å². The molecule has 1 atom stereocenters. The van der Waals surface area contributed by atoms with Crippen molar-refractivity contribution < 1.29 is 35.1 Å². The zero-order valence-corrected chi connectivity index (χ0v) is 6.60. The largest absolute Gasteiger partial charge is 0.445 e. The van der Waals surface area contributed by atoms with Crippen LogP contribution in [0.1, 0.15) is 6.92 Å². The summed E-state index contributed by atoms with van der Waals surface area (Å²) >= 11 is 0. The Morgan fingerprint density at radius 2 is 1.29 bits per heavy atom. The van der Waals surface area contributed by atoms with E-state index in [4.69, 9.17) is 0 Å². The van der Waals surface area contributed by atoms with Crippen LogP contribution in [0.25, 0.3) is 0 Å². The minimum atomic E-state index is -5.89. The molecule has 0 heterocycles. The summed E-state index contributed by atoms with van der Waals surface area (Å²) in [5, 5.41) is 0. The van der Waals surface area contributed by atoms with Crippen molar-refractivity contribution in [3.8, 4) is 0 Å². The molecule has 0 saturated carbocycles. The monoisotopic (exact) mass is 228 g/mol. The molecule has 0 nitrogen and oxygen atoms in total. The van der Waals surface area contributed by atoms with Crippen molar-refractivity contribution in [1.82, 2.24) is 0 Å². The Morgan fingerprint density at radius 1 is 0.929 bits per heavy atom. The standard InChI is InChI=1S/C6H4F8/c1-2(7)5(10,11)3(8)4(9)6(12,13)14/h2H,1H3/b4-3+. The van der Waals surface area contributed by atoms with Gasteiger partial charge in [-0.25, -0.2) is 8.78 Å². The van der Waals surface area contributed by atoms with E-state index in [-0.39, 0.29) is 6.92 Å². The van der Waals surface area contributed by atoms with Crippen molar-refractivity contribution in [1.29, 1.82) is 0 Å². The molecule has 0 fully saturated rings. The second-order valence-electron chi connectivity index (χ2n) is 2.36. The van der Waals surface area contributed by atoms with Gasteiger partial charge in [0, 0.05) is 0 Å². The van der Waals surface area contributed by atoms with E-state index < -0.39 is 29.9 Å². The van der Waals surface area contributed by atoms with Gasteiger partial charge < -0.3 is 0 Å². The molecule has 0 rings (SSSR count). The number of halogens is 8. The molecular weight excluding hydrogens is 224 g/mol. The van der Waals surface area contributed by atoms with Crippen molar-refractivity contribution >= 4 is 0 Å². The Balaban J connectivity index is 5.21. The maximum absolute atomic E-state index is 12.2. The molecule has 0 aromatic rings. The summed E-state index contributed by atoms with van der Waals surface area (Å²) < 4.78 is 94.4. The van der Waals surface area contributed by atoms with Crippen LogP contribution in [0, 0.1) is 0 Å². The Hall–Kier alpha value is -0.820. The van der Waals surface area contributed by atoms with Crippen LogP contribution in [0.15, 0.2) is 11.7 Å². The second-order valence-corrected chi connectivity index (χ2v) is 2.36. The first kappa shape index (κ1) is 13.2. The van der Waals surface area contributed by atoms with Gasteiger partial charge >= 0.3 is 12.1 Å². The molecule has 0 spiro atoms. The van der Waals surface area contributed by atoms with Gasteiger partial charge in [0.1, 0.15) is 0 Å². The average Bonchev–Trinajstić information content (AvgIpc) is 1.99. The Labute approximate surface area is 73.2 Å². The topological polar surface area (TPSA) is 0 Å². The first-order valence-corrected chi connectivity index (χ1v) is 3.16. The molecule has 14 heavy (non-hydrogen) atoms. The molecule has 8 heteroatoms. The van der Waals surface area contributed by atoms with Crippen LogP contribution in [0.2, 0.25) is 0 Å².